The van der Waals surface area contributed by atoms with E-state index in [0.29, 0.717) is 23.4 Å². The van der Waals surface area contributed by atoms with E-state index in [4.69, 9.17) is 15.7 Å². The second-order valence-electron chi connectivity index (χ2n) is 8.22. The van der Waals surface area contributed by atoms with Crippen LogP contribution in [-0.2, 0) is 0 Å². The first kappa shape index (κ1) is 18.7. The lowest BCUT2D eigenvalue weighted by molar-refractivity contribution is 0.212. The molecule has 0 radical (unpaired) electrons. The minimum absolute atomic E-state index is 0.356. The van der Waals surface area contributed by atoms with E-state index in [-0.39, 0.29) is 0 Å². The van der Waals surface area contributed by atoms with Crippen LogP contribution >= 0.6 is 0 Å². The van der Waals surface area contributed by atoms with Gasteiger partial charge in [0.1, 0.15) is 5.69 Å². The van der Waals surface area contributed by atoms with Crippen molar-refractivity contribution in [3.63, 3.8) is 0 Å². The van der Waals surface area contributed by atoms with Gasteiger partial charge < -0.3 is 15.6 Å². The van der Waals surface area contributed by atoms with Gasteiger partial charge in [-0.1, -0.05) is 6.07 Å². The molecule has 8 heteroatoms. The molecule has 0 spiro atoms. The van der Waals surface area contributed by atoms with Gasteiger partial charge in [-0.05, 0) is 64.0 Å². The summed E-state index contributed by atoms with van der Waals surface area (Å²) in [6.45, 7) is 6.35. The van der Waals surface area contributed by atoms with Crippen molar-refractivity contribution >= 4 is 16.9 Å². The van der Waals surface area contributed by atoms with Crippen LogP contribution in [0.25, 0.3) is 33.8 Å². The van der Waals surface area contributed by atoms with E-state index in [0.717, 1.165) is 53.8 Å². The van der Waals surface area contributed by atoms with E-state index in [1.165, 1.54) is 5.56 Å². The minimum Gasteiger partial charge on any atom is -0.382 e. The smallest absolute Gasteiger partial charge is 0.161 e. The molecule has 1 aliphatic heterocycles. The van der Waals surface area contributed by atoms with Gasteiger partial charge in [0.05, 0.1) is 35.2 Å². The number of piperidine rings is 1. The Balaban J connectivity index is 1.49. The van der Waals surface area contributed by atoms with Gasteiger partial charge >= 0.3 is 0 Å². The monoisotopic (exact) mass is 402 g/mol. The zero-order chi connectivity index (χ0) is 20.8. The van der Waals surface area contributed by atoms with Crippen LogP contribution in [0.1, 0.15) is 30.0 Å². The fourth-order valence-electron chi connectivity index (χ4n) is 4.07. The fraction of sp³-hybridized carbons (Fsp3) is 0.364. The number of benzene rings is 1. The number of fused-ring (bicyclic) bond motifs is 1. The Bertz CT molecular complexity index is 1210. The summed E-state index contributed by atoms with van der Waals surface area (Å²) in [4.78, 5) is 19.6. The summed E-state index contributed by atoms with van der Waals surface area (Å²) in [5.41, 5.74) is 12.7. The maximum atomic E-state index is 6.17. The Morgan fingerprint density at radius 3 is 2.70 bits per heavy atom. The summed E-state index contributed by atoms with van der Waals surface area (Å²) >= 11 is 0. The molecule has 0 saturated carbocycles. The molecule has 1 aliphatic rings. The van der Waals surface area contributed by atoms with Crippen LogP contribution in [0.3, 0.4) is 0 Å². The zero-order valence-electron chi connectivity index (χ0n) is 17.6. The summed E-state index contributed by atoms with van der Waals surface area (Å²) < 4.78 is 2.06. The lowest BCUT2D eigenvalue weighted by Gasteiger charge is -2.28. The molecular formula is C22H26N8. The maximum Gasteiger partial charge on any atom is 0.161 e. The van der Waals surface area contributed by atoms with Crippen molar-refractivity contribution in [2.75, 3.05) is 25.9 Å². The average Bonchev–Trinajstić information content (AvgIpc) is 3.40. The second kappa shape index (κ2) is 7.21. The Morgan fingerprint density at radius 1 is 1.10 bits per heavy atom. The van der Waals surface area contributed by atoms with E-state index in [1.807, 2.05) is 12.3 Å². The van der Waals surface area contributed by atoms with Gasteiger partial charge in [-0.25, -0.2) is 15.0 Å². The molecule has 30 heavy (non-hydrogen) atoms. The summed E-state index contributed by atoms with van der Waals surface area (Å²) in [6, 6.07) is 4.55. The number of hydrogen-bond acceptors (Lipinski definition) is 6. The zero-order valence-corrected chi connectivity index (χ0v) is 17.6. The lowest BCUT2D eigenvalue weighted by atomic mass is 10.1. The first-order chi connectivity index (χ1) is 14.5. The highest BCUT2D eigenvalue weighted by Crippen LogP contribution is 2.29. The number of nitrogens with one attached hydrogen (secondary N) is 1. The highest BCUT2D eigenvalue weighted by atomic mass is 15.3. The van der Waals surface area contributed by atoms with Gasteiger partial charge in [0.15, 0.2) is 11.6 Å². The molecule has 0 aliphatic carbocycles. The van der Waals surface area contributed by atoms with Crippen molar-refractivity contribution < 1.29 is 0 Å². The number of aromatic amines is 1. The topological polar surface area (TPSA) is 102 Å². The predicted octanol–water partition coefficient (Wildman–Crippen LogP) is 3.35. The number of likely N-dealkylation sites (tertiary alicyclic amines) is 1. The van der Waals surface area contributed by atoms with E-state index < -0.39 is 0 Å². The van der Waals surface area contributed by atoms with Crippen LogP contribution < -0.4 is 5.73 Å². The number of imidazole rings is 1. The van der Waals surface area contributed by atoms with Crippen molar-refractivity contribution in [1.82, 2.24) is 34.6 Å². The summed E-state index contributed by atoms with van der Waals surface area (Å²) in [6.07, 6.45) is 7.83. The van der Waals surface area contributed by atoms with Crippen molar-refractivity contribution in [3.05, 3.63) is 41.9 Å². The Labute approximate surface area is 175 Å². The molecule has 4 aromatic rings. The molecule has 154 valence electrons. The molecule has 0 amide bonds. The fourth-order valence-corrected chi connectivity index (χ4v) is 4.07. The third-order valence-corrected chi connectivity index (χ3v) is 6.16. The number of nitrogens with two attached hydrogens (primary N) is 1. The number of H-pyrrole nitrogens is 1. The quantitative estimate of drug-likeness (QED) is 0.545. The van der Waals surface area contributed by atoms with Gasteiger partial charge in [-0.2, -0.15) is 5.10 Å². The summed E-state index contributed by atoms with van der Waals surface area (Å²) in [7, 11) is 2.16. The van der Waals surface area contributed by atoms with Crippen molar-refractivity contribution in [3.8, 4) is 22.8 Å². The normalized spacial score (nSPS) is 15.8. The number of aryl methyl sites for hydroxylation is 2. The van der Waals surface area contributed by atoms with Crippen molar-refractivity contribution in [1.29, 1.82) is 0 Å². The molecule has 5 rings (SSSR count). The summed E-state index contributed by atoms with van der Waals surface area (Å²) in [5.74, 6) is 0.989. The van der Waals surface area contributed by atoms with Crippen molar-refractivity contribution in [2.24, 2.45) is 0 Å². The minimum atomic E-state index is 0.356. The first-order valence-corrected chi connectivity index (χ1v) is 10.3. The van der Waals surface area contributed by atoms with Gasteiger partial charge in [0.25, 0.3) is 0 Å². The number of rotatable bonds is 3. The number of aromatic nitrogens is 6. The first-order valence-electron chi connectivity index (χ1n) is 10.3. The van der Waals surface area contributed by atoms with Crippen LogP contribution in [0.4, 0.5) is 5.82 Å². The van der Waals surface area contributed by atoms with Gasteiger partial charge in [0, 0.05) is 11.8 Å². The molecule has 8 nitrogen and oxygen atoms in total. The highest BCUT2D eigenvalue weighted by molar-refractivity contribution is 5.84. The number of anilines is 1. The Hall–Kier alpha value is -3.26. The molecule has 1 saturated heterocycles. The van der Waals surface area contributed by atoms with Crippen molar-refractivity contribution in [2.45, 2.75) is 32.7 Å². The largest absolute Gasteiger partial charge is 0.382 e. The molecule has 1 aromatic carbocycles. The van der Waals surface area contributed by atoms with Gasteiger partial charge in [0.2, 0.25) is 0 Å². The van der Waals surface area contributed by atoms with Crippen LogP contribution in [-0.4, -0.2) is 54.8 Å². The second-order valence-corrected chi connectivity index (χ2v) is 8.22. The molecule has 4 heterocycles. The number of nitrogen functional groups attached to an aromatic ring is 1. The molecular weight excluding hydrogens is 376 g/mol. The van der Waals surface area contributed by atoms with Gasteiger partial charge in [-0.15, -0.1) is 0 Å². The van der Waals surface area contributed by atoms with E-state index in [9.17, 15) is 0 Å². The third-order valence-electron chi connectivity index (χ3n) is 6.16. The molecule has 3 aromatic heterocycles. The lowest BCUT2D eigenvalue weighted by Crippen LogP contribution is -2.31. The molecule has 0 unspecified atom stereocenters. The number of nitrogens with zero attached hydrogens (tertiary/aromatic N) is 6. The highest BCUT2D eigenvalue weighted by Gasteiger charge is 2.20. The van der Waals surface area contributed by atoms with E-state index >= 15 is 0 Å². The van der Waals surface area contributed by atoms with Crippen LogP contribution in [0.15, 0.2) is 30.7 Å². The Kier molecular flexibility index (Phi) is 4.51. The maximum absolute atomic E-state index is 6.17. The van der Waals surface area contributed by atoms with E-state index in [2.05, 4.69) is 57.8 Å². The predicted molar refractivity (Wildman–Crippen MR) is 118 cm³/mol. The molecule has 0 atom stereocenters. The van der Waals surface area contributed by atoms with Crippen LogP contribution in [0, 0.1) is 13.8 Å². The number of hydrogen-bond donors (Lipinski definition) is 2. The Morgan fingerprint density at radius 2 is 1.90 bits per heavy atom. The standard InChI is InChI=1S/C22H26N8/c1-13-4-5-17-19(14(13)2)28-22(27-17)20-21(23)24-11-18(26-20)15-10-25-30(12-15)16-6-8-29(3)9-7-16/h4-5,10-12,16H,6-9H2,1-3H3,(H2,23,24)(H,27,28). The molecule has 3 N–H and O–H groups in total. The summed E-state index contributed by atoms with van der Waals surface area (Å²) in [5, 5.41) is 4.60. The van der Waals surface area contributed by atoms with Gasteiger partial charge in [-0.3, -0.25) is 4.68 Å². The average molecular weight is 403 g/mol. The molecule has 0 bridgehead atoms. The third kappa shape index (κ3) is 3.23. The van der Waals surface area contributed by atoms with E-state index in [1.54, 1.807) is 6.20 Å². The van der Waals surface area contributed by atoms with Crippen LogP contribution in [0.5, 0.6) is 0 Å². The van der Waals surface area contributed by atoms with Crippen LogP contribution in [0.2, 0.25) is 0 Å². The SMILES string of the molecule is Cc1ccc2[nH]c(-c3nc(-c4cnn(C5CCN(C)CC5)c4)cnc3N)nc2c1C. The molecule has 1 fully saturated rings.